The van der Waals surface area contributed by atoms with E-state index >= 15 is 0 Å². The normalized spacial score (nSPS) is 12.1. The van der Waals surface area contributed by atoms with E-state index in [0.29, 0.717) is 13.0 Å². The average Bonchev–Trinajstić information content (AvgIpc) is 3.02. The molecule has 27 heavy (non-hydrogen) atoms. The van der Waals surface area contributed by atoms with Crippen molar-refractivity contribution >= 4 is 5.91 Å². The van der Waals surface area contributed by atoms with E-state index in [-0.39, 0.29) is 11.8 Å². The van der Waals surface area contributed by atoms with Crippen molar-refractivity contribution in [3.05, 3.63) is 94.9 Å². The average molecular weight is 363 g/mol. The standard InChI is InChI=1S/C23H25NO3/c1-16-15-20(17(2)27-16)21(25)13-14-24-23(26)22(18-9-5-3-6-10-18)19-11-7-4-8-12-19/h3-12,15,21-22,25H,13-14H2,1-2H3,(H,24,26). The van der Waals surface area contributed by atoms with Crippen LogP contribution in [0.4, 0.5) is 0 Å². The summed E-state index contributed by atoms with van der Waals surface area (Å²) in [7, 11) is 0. The lowest BCUT2D eigenvalue weighted by Crippen LogP contribution is -2.31. The SMILES string of the molecule is Cc1cc(C(O)CCNC(=O)C(c2ccccc2)c2ccccc2)c(C)o1. The van der Waals surface area contributed by atoms with Crippen molar-refractivity contribution in [3.8, 4) is 0 Å². The van der Waals surface area contributed by atoms with Crippen LogP contribution < -0.4 is 5.32 Å². The molecule has 0 saturated heterocycles. The Morgan fingerprint density at radius 2 is 1.56 bits per heavy atom. The van der Waals surface area contributed by atoms with Crippen LogP contribution in [-0.2, 0) is 4.79 Å². The Kier molecular flexibility index (Phi) is 6.09. The smallest absolute Gasteiger partial charge is 0.232 e. The van der Waals surface area contributed by atoms with Gasteiger partial charge in [0, 0.05) is 12.1 Å². The molecule has 0 fully saturated rings. The highest BCUT2D eigenvalue weighted by Gasteiger charge is 2.22. The molecule has 0 radical (unpaired) electrons. The van der Waals surface area contributed by atoms with Crippen molar-refractivity contribution in [2.24, 2.45) is 0 Å². The third kappa shape index (κ3) is 4.66. The highest BCUT2D eigenvalue weighted by molar-refractivity contribution is 5.87. The number of carbonyl (C=O) groups is 1. The number of rotatable bonds is 7. The summed E-state index contributed by atoms with van der Waals surface area (Å²) < 4.78 is 5.47. The highest BCUT2D eigenvalue weighted by atomic mass is 16.3. The summed E-state index contributed by atoms with van der Waals surface area (Å²) in [6, 6.07) is 21.3. The summed E-state index contributed by atoms with van der Waals surface area (Å²) in [4.78, 5) is 12.9. The first kappa shape index (κ1) is 18.9. The first-order valence-corrected chi connectivity index (χ1v) is 9.19. The van der Waals surface area contributed by atoms with E-state index in [9.17, 15) is 9.90 Å². The van der Waals surface area contributed by atoms with Gasteiger partial charge in [0.1, 0.15) is 11.5 Å². The van der Waals surface area contributed by atoms with E-state index in [2.05, 4.69) is 5.32 Å². The monoisotopic (exact) mass is 363 g/mol. The Balaban J connectivity index is 1.67. The second kappa shape index (κ2) is 8.69. The first-order valence-electron chi connectivity index (χ1n) is 9.19. The lowest BCUT2D eigenvalue weighted by Gasteiger charge is -2.18. The maximum Gasteiger partial charge on any atom is 0.232 e. The molecule has 4 heteroatoms. The van der Waals surface area contributed by atoms with Crippen LogP contribution in [0, 0.1) is 13.8 Å². The Bertz CT molecular complexity index is 832. The van der Waals surface area contributed by atoms with Crippen LogP contribution in [0.25, 0.3) is 0 Å². The number of amides is 1. The van der Waals surface area contributed by atoms with E-state index in [1.54, 1.807) is 0 Å². The molecule has 0 aliphatic heterocycles. The highest BCUT2D eigenvalue weighted by Crippen LogP contribution is 2.26. The molecule has 3 rings (SSSR count). The zero-order valence-electron chi connectivity index (χ0n) is 15.7. The molecule has 0 saturated carbocycles. The number of aryl methyl sites for hydroxylation is 2. The van der Waals surface area contributed by atoms with Gasteiger partial charge in [0.25, 0.3) is 0 Å². The predicted octanol–water partition coefficient (Wildman–Crippen LogP) is 4.27. The van der Waals surface area contributed by atoms with E-state index in [1.165, 1.54) is 0 Å². The number of furan rings is 1. The summed E-state index contributed by atoms with van der Waals surface area (Å²) in [5.74, 6) is 1.05. The quantitative estimate of drug-likeness (QED) is 0.659. The molecule has 1 atom stereocenters. The fraction of sp³-hybridized carbons (Fsp3) is 0.261. The van der Waals surface area contributed by atoms with Crippen molar-refractivity contribution in [3.63, 3.8) is 0 Å². The van der Waals surface area contributed by atoms with Gasteiger partial charge in [0.2, 0.25) is 5.91 Å². The molecule has 2 N–H and O–H groups in total. The largest absolute Gasteiger partial charge is 0.466 e. The number of hydrogen-bond donors (Lipinski definition) is 2. The molecule has 0 aliphatic rings. The molecule has 1 unspecified atom stereocenters. The van der Waals surface area contributed by atoms with Gasteiger partial charge in [0.15, 0.2) is 0 Å². The Morgan fingerprint density at radius 1 is 1.00 bits per heavy atom. The van der Waals surface area contributed by atoms with Gasteiger partial charge in [-0.1, -0.05) is 60.7 Å². The van der Waals surface area contributed by atoms with Crippen molar-refractivity contribution in [1.29, 1.82) is 0 Å². The molecular weight excluding hydrogens is 338 g/mol. The molecular formula is C23H25NO3. The molecule has 0 aliphatic carbocycles. The number of nitrogens with one attached hydrogen (secondary N) is 1. The Labute approximate surface area is 159 Å². The summed E-state index contributed by atoms with van der Waals surface area (Å²) in [6.45, 7) is 4.08. The predicted molar refractivity (Wildman–Crippen MR) is 105 cm³/mol. The minimum atomic E-state index is -0.658. The fourth-order valence-electron chi connectivity index (χ4n) is 3.36. The maximum atomic E-state index is 12.9. The minimum absolute atomic E-state index is 0.0697. The molecule has 0 spiro atoms. The van der Waals surface area contributed by atoms with Crippen molar-refractivity contribution in [2.45, 2.75) is 32.3 Å². The van der Waals surface area contributed by atoms with Gasteiger partial charge in [-0.2, -0.15) is 0 Å². The van der Waals surface area contributed by atoms with Crippen LogP contribution in [0.3, 0.4) is 0 Å². The second-order valence-corrected chi connectivity index (χ2v) is 6.72. The number of aliphatic hydroxyl groups is 1. The third-order valence-electron chi connectivity index (χ3n) is 4.68. The van der Waals surface area contributed by atoms with Gasteiger partial charge in [0.05, 0.1) is 12.0 Å². The summed E-state index contributed by atoms with van der Waals surface area (Å²) in [6.07, 6.45) is -0.225. The van der Waals surface area contributed by atoms with Crippen LogP contribution >= 0.6 is 0 Å². The van der Waals surface area contributed by atoms with Crippen LogP contribution in [0.1, 0.15) is 46.7 Å². The van der Waals surface area contributed by atoms with Crippen molar-refractivity contribution < 1.29 is 14.3 Å². The zero-order chi connectivity index (χ0) is 19.2. The second-order valence-electron chi connectivity index (χ2n) is 6.72. The number of aliphatic hydroxyl groups excluding tert-OH is 1. The van der Waals surface area contributed by atoms with E-state index in [4.69, 9.17) is 4.42 Å². The van der Waals surface area contributed by atoms with Gasteiger partial charge < -0.3 is 14.8 Å². The van der Waals surface area contributed by atoms with Crippen LogP contribution in [0.5, 0.6) is 0 Å². The fourth-order valence-corrected chi connectivity index (χ4v) is 3.36. The number of carbonyl (C=O) groups excluding carboxylic acids is 1. The summed E-state index contributed by atoms with van der Waals surface area (Å²) in [5, 5.41) is 13.4. The van der Waals surface area contributed by atoms with E-state index in [1.807, 2.05) is 80.6 Å². The topological polar surface area (TPSA) is 62.5 Å². The third-order valence-corrected chi connectivity index (χ3v) is 4.68. The summed E-state index contributed by atoms with van der Waals surface area (Å²) in [5.41, 5.74) is 2.68. The number of benzene rings is 2. The Hall–Kier alpha value is -2.85. The van der Waals surface area contributed by atoms with Gasteiger partial charge in [-0.3, -0.25) is 4.79 Å². The zero-order valence-corrected chi connectivity index (χ0v) is 15.7. The molecule has 3 aromatic rings. The lowest BCUT2D eigenvalue weighted by molar-refractivity contribution is -0.121. The lowest BCUT2D eigenvalue weighted by atomic mass is 9.90. The Morgan fingerprint density at radius 3 is 2.04 bits per heavy atom. The van der Waals surface area contributed by atoms with Crippen LogP contribution in [0.15, 0.2) is 71.1 Å². The van der Waals surface area contributed by atoms with Crippen molar-refractivity contribution in [2.75, 3.05) is 6.54 Å². The first-order chi connectivity index (χ1) is 13.1. The minimum Gasteiger partial charge on any atom is -0.466 e. The molecule has 2 aromatic carbocycles. The van der Waals surface area contributed by atoms with Gasteiger partial charge in [-0.05, 0) is 37.5 Å². The van der Waals surface area contributed by atoms with Crippen LogP contribution in [0.2, 0.25) is 0 Å². The van der Waals surface area contributed by atoms with Gasteiger partial charge >= 0.3 is 0 Å². The molecule has 140 valence electrons. The molecule has 0 bridgehead atoms. The van der Waals surface area contributed by atoms with Gasteiger partial charge in [-0.25, -0.2) is 0 Å². The van der Waals surface area contributed by atoms with E-state index in [0.717, 1.165) is 28.2 Å². The molecule has 1 amide bonds. The maximum absolute atomic E-state index is 12.9. The molecule has 1 aromatic heterocycles. The van der Waals surface area contributed by atoms with Gasteiger partial charge in [-0.15, -0.1) is 0 Å². The van der Waals surface area contributed by atoms with Crippen LogP contribution in [-0.4, -0.2) is 17.6 Å². The summed E-state index contributed by atoms with van der Waals surface area (Å²) >= 11 is 0. The van der Waals surface area contributed by atoms with Crippen molar-refractivity contribution in [1.82, 2.24) is 5.32 Å². The van der Waals surface area contributed by atoms with E-state index < -0.39 is 6.10 Å². The molecule has 4 nitrogen and oxygen atoms in total. The number of hydrogen-bond acceptors (Lipinski definition) is 3. The molecule has 1 heterocycles.